The van der Waals surface area contributed by atoms with E-state index in [1.165, 1.54) is 89.0 Å². The maximum absolute atomic E-state index is 4.63. The van der Waals surface area contributed by atoms with Gasteiger partial charge < -0.3 is 0 Å². The van der Waals surface area contributed by atoms with Gasteiger partial charge in [-0.15, -0.1) is 0 Å². The highest BCUT2D eigenvalue weighted by Crippen LogP contribution is 2.42. The van der Waals surface area contributed by atoms with Gasteiger partial charge in [0.25, 0.3) is 0 Å². The summed E-state index contributed by atoms with van der Waals surface area (Å²) < 4.78 is 0. The number of hydrogen-bond acceptors (Lipinski definition) is 2. The maximum Gasteiger partial charge on any atom is 0.128 e. The van der Waals surface area contributed by atoms with E-state index in [1.807, 2.05) is 0 Å². The van der Waals surface area contributed by atoms with Gasteiger partial charge in [0.1, 0.15) is 5.82 Å². The van der Waals surface area contributed by atoms with Crippen LogP contribution in [0.2, 0.25) is 0 Å². The summed E-state index contributed by atoms with van der Waals surface area (Å²) in [6.07, 6.45) is 24.8. The molecule has 27 heavy (non-hydrogen) atoms. The molecule has 3 rings (SSSR count). The first kappa shape index (κ1) is 20.8. The minimum Gasteiger partial charge on any atom is -0.241 e. The number of nitrogens with zero attached hydrogens (tertiary/aromatic N) is 2. The van der Waals surface area contributed by atoms with Crippen molar-refractivity contribution in [3.63, 3.8) is 0 Å². The van der Waals surface area contributed by atoms with E-state index in [2.05, 4.69) is 36.2 Å². The lowest BCUT2D eigenvalue weighted by Gasteiger charge is -2.37. The van der Waals surface area contributed by atoms with E-state index in [0.29, 0.717) is 0 Å². The molecule has 0 aliphatic heterocycles. The molecular formula is C25H42N2. The Hall–Kier alpha value is -0.920. The second-order valence-corrected chi connectivity index (χ2v) is 9.47. The number of aromatic nitrogens is 2. The number of aryl methyl sites for hydroxylation is 2. The van der Waals surface area contributed by atoms with Crippen LogP contribution in [-0.2, 0) is 12.8 Å². The lowest BCUT2D eigenvalue weighted by Crippen LogP contribution is -2.26. The molecule has 2 fully saturated rings. The summed E-state index contributed by atoms with van der Waals surface area (Å²) >= 11 is 0. The molecule has 1 heterocycles. The Labute approximate surface area is 168 Å². The molecule has 2 saturated carbocycles. The molecule has 0 N–H and O–H groups in total. The van der Waals surface area contributed by atoms with E-state index in [1.54, 1.807) is 0 Å². The third kappa shape index (κ3) is 6.57. The smallest absolute Gasteiger partial charge is 0.128 e. The van der Waals surface area contributed by atoms with Crippen molar-refractivity contribution in [3.05, 3.63) is 23.8 Å². The van der Waals surface area contributed by atoms with Crippen molar-refractivity contribution in [3.8, 4) is 0 Å². The van der Waals surface area contributed by atoms with Gasteiger partial charge in [0.15, 0.2) is 0 Å². The first-order chi connectivity index (χ1) is 13.3. The van der Waals surface area contributed by atoms with Gasteiger partial charge in [-0.05, 0) is 74.2 Å². The van der Waals surface area contributed by atoms with Crippen LogP contribution in [0.25, 0.3) is 0 Å². The molecule has 0 aromatic carbocycles. The SMILES string of the molecule is CCCCCc1cnc(CC[C@H]2CC[C@H]([C@H]3CC[C@H](CC)CC3)CC2)nc1. The summed E-state index contributed by atoms with van der Waals surface area (Å²) in [5.74, 6) is 5.11. The van der Waals surface area contributed by atoms with Gasteiger partial charge in [-0.25, -0.2) is 9.97 Å². The lowest BCUT2D eigenvalue weighted by molar-refractivity contribution is 0.142. The van der Waals surface area contributed by atoms with Crippen molar-refractivity contribution in [1.82, 2.24) is 9.97 Å². The topological polar surface area (TPSA) is 25.8 Å². The minimum absolute atomic E-state index is 0.918. The van der Waals surface area contributed by atoms with Crippen LogP contribution < -0.4 is 0 Å². The second-order valence-electron chi connectivity index (χ2n) is 9.47. The summed E-state index contributed by atoms with van der Waals surface area (Å²) in [5, 5.41) is 0. The highest BCUT2D eigenvalue weighted by atomic mass is 14.9. The molecule has 0 bridgehead atoms. The molecule has 2 heteroatoms. The molecule has 0 radical (unpaired) electrons. The van der Waals surface area contributed by atoms with Crippen LogP contribution in [0.15, 0.2) is 12.4 Å². The van der Waals surface area contributed by atoms with E-state index < -0.39 is 0 Å². The Morgan fingerprint density at radius 2 is 1.33 bits per heavy atom. The average molecular weight is 371 g/mol. The third-order valence-electron chi connectivity index (χ3n) is 7.63. The average Bonchev–Trinajstić information content (AvgIpc) is 2.74. The zero-order valence-corrected chi connectivity index (χ0v) is 18.0. The van der Waals surface area contributed by atoms with Crippen molar-refractivity contribution >= 4 is 0 Å². The van der Waals surface area contributed by atoms with Gasteiger partial charge in [0, 0.05) is 18.8 Å². The summed E-state index contributed by atoms with van der Waals surface area (Å²) in [6.45, 7) is 4.63. The molecule has 1 aromatic rings. The minimum atomic E-state index is 0.918. The standard InChI is InChI=1S/C25H42N2/c1-3-5-6-7-22-18-26-25(27-19-22)17-12-21-10-15-24(16-11-21)23-13-8-20(4-2)9-14-23/h18-21,23-24H,3-17H2,1-2H3/t20-,21-,23-,24-. The summed E-state index contributed by atoms with van der Waals surface area (Å²) in [6, 6.07) is 0. The lowest BCUT2D eigenvalue weighted by atomic mass is 9.68. The fraction of sp³-hybridized carbons (Fsp3) is 0.840. The van der Waals surface area contributed by atoms with E-state index in [9.17, 15) is 0 Å². The highest BCUT2D eigenvalue weighted by Gasteiger charge is 2.30. The molecule has 0 spiro atoms. The molecule has 0 saturated heterocycles. The second kappa shape index (κ2) is 11.2. The zero-order valence-electron chi connectivity index (χ0n) is 18.0. The van der Waals surface area contributed by atoms with Crippen molar-refractivity contribution in [1.29, 1.82) is 0 Å². The summed E-state index contributed by atoms with van der Waals surface area (Å²) in [7, 11) is 0. The maximum atomic E-state index is 4.63. The summed E-state index contributed by atoms with van der Waals surface area (Å²) in [5.41, 5.74) is 1.31. The Bertz CT molecular complexity index is 508. The van der Waals surface area contributed by atoms with Crippen molar-refractivity contribution in [2.45, 2.75) is 110 Å². The molecule has 2 aliphatic carbocycles. The van der Waals surface area contributed by atoms with Crippen LogP contribution in [0.4, 0.5) is 0 Å². The van der Waals surface area contributed by atoms with E-state index in [0.717, 1.165) is 42.3 Å². The molecule has 1 aromatic heterocycles. The van der Waals surface area contributed by atoms with Crippen LogP contribution in [-0.4, -0.2) is 9.97 Å². The Kier molecular flexibility index (Phi) is 8.61. The monoisotopic (exact) mass is 370 g/mol. The molecule has 0 atom stereocenters. The first-order valence-corrected chi connectivity index (χ1v) is 12.1. The van der Waals surface area contributed by atoms with Gasteiger partial charge in [0.05, 0.1) is 0 Å². The van der Waals surface area contributed by atoms with Gasteiger partial charge in [-0.3, -0.25) is 0 Å². The number of hydrogen-bond donors (Lipinski definition) is 0. The third-order valence-corrected chi connectivity index (χ3v) is 7.63. The van der Waals surface area contributed by atoms with Gasteiger partial charge in [-0.2, -0.15) is 0 Å². The Balaban J connectivity index is 1.33. The normalized spacial score (nSPS) is 29.0. The Morgan fingerprint density at radius 3 is 1.89 bits per heavy atom. The van der Waals surface area contributed by atoms with Gasteiger partial charge in [-0.1, -0.05) is 58.8 Å². The highest BCUT2D eigenvalue weighted by molar-refractivity contribution is 5.05. The molecule has 2 nitrogen and oxygen atoms in total. The van der Waals surface area contributed by atoms with E-state index >= 15 is 0 Å². The first-order valence-electron chi connectivity index (χ1n) is 12.1. The number of rotatable bonds is 9. The predicted octanol–water partition coefficient (Wildman–Crippen LogP) is 7.16. The summed E-state index contributed by atoms with van der Waals surface area (Å²) in [4.78, 5) is 9.27. The molecule has 0 unspecified atom stereocenters. The van der Waals surface area contributed by atoms with Crippen LogP contribution in [0.3, 0.4) is 0 Å². The Morgan fingerprint density at radius 1 is 0.741 bits per heavy atom. The quantitative estimate of drug-likeness (QED) is 0.431. The van der Waals surface area contributed by atoms with Crippen LogP contribution in [0.5, 0.6) is 0 Å². The van der Waals surface area contributed by atoms with Crippen molar-refractivity contribution in [2.24, 2.45) is 23.7 Å². The van der Waals surface area contributed by atoms with E-state index in [4.69, 9.17) is 0 Å². The fourth-order valence-electron chi connectivity index (χ4n) is 5.57. The van der Waals surface area contributed by atoms with E-state index in [-0.39, 0.29) is 0 Å². The predicted molar refractivity (Wildman–Crippen MR) is 115 cm³/mol. The largest absolute Gasteiger partial charge is 0.241 e. The molecular weight excluding hydrogens is 328 g/mol. The van der Waals surface area contributed by atoms with Crippen LogP contribution in [0.1, 0.15) is 109 Å². The number of unbranched alkanes of at least 4 members (excludes halogenated alkanes) is 2. The molecule has 152 valence electrons. The van der Waals surface area contributed by atoms with Crippen molar-refractivity contribution < 1.29 is 0 Å². The molecule has 2 aliphatic rings. The van der Waals surface area contributed by atoms with Crippen LogP contribution >= 0.6 is 0 Å². The zero-order chi connectivity index (χ0) is 18.9. The van der Waals surface area contributed by atoms with Crippen molar-refractivity contribution in [2.75, 3.05) is 0 Å². The molecule has 0 amide bonds. The fourth-order valence-corrected chi connectivity index (χ4v) is 5.57. The van der Waals surface area contributed by atoms with Crippen LogP contribution in [0, 0.1) is 23.7 Å². The van der Waals surface area contributed by atoms with Gasteiger partial charge in [0.2, 0.25) is 0 Å². The van der Waals surface area contributed by atoms with Gasteiger partial charge >= 0.3 is 0 Å².